The second kappa shape index (κ2) is 2.89. The Labute approximate surface area is 62.8 Å². The second-order valence-electron chi connectivity index (χ2n) is 3.73. The van der Waals surface area contributed by atoms with Crippen LogP contribution in [0.3, 0.4) is 0 Å². The first-order valence-electron chi connectivity index (χ1n) is 4.11. The third-order valence-electron chi connectivity index (χ3n) is 2.74. The number of hydrogen-bond acceptors (Lipinski definition) is 1. The van der Waals surface area contributed by atoms with Gasteiger partial charge in [-0.2, -0.15) is 0 Å². The Hall–Kier alpha value is -0.0800. The van der Waals surface area contributed by atoms with E-state index in [0.29, 0.717) is 12.0 Å². The van der Waals surface area contributed by atoms with Crippen molar-refractivity contribution in [1.29, 1.82) is 0 Å². The van der Waals surface area contributed by atoms with Gasteiger partial charge in [0.1, 0.15) is 0 Å². The van der Waals surface area contributed by atoms with E-state index in [9.17, 15) is 5.11 Å². The highest BCUT2D eigenvalue weighted by molar-refractivity contribution is 4.70. The third kappa shape index (κ3) is 1.50. The summed E-state index contributed by atoms with van der Waals surface area (Å²) in [5, 5.41) is 9.45. The molecular weight excluding hydrogens is 126 g/mol. The van der Waals surface area contributed by atoms with E-state index in [1.54, 1.807) is 4.90 Å². The van der Waals surface area contributed by atoms with Gasteiger partial charge in [0.2, 0.25) is 0 Å². The quantitative estimate of drug-likeness (QED) is 0.461. The average Bonchev–Trinajstić information content (AvgIpc) is 1.84. The van der Waals surface area contributed by atoms with Crippen molar-refractivity contribution in [2.45, 2.75) is 32.4 Å². The minimum atomic E-state index is -0.0568. The third-order valence-corrected chi connectivity index (χ3v) is 2.74. The van der Waals surface area contributed by atoms with E-state index in [1.165, 1.54) is 0 Å². The van der Waals surface area contributed by atoms with Crippen LogP contribution in [-0.2, 0) is 0 Å². The monoisotopic (exact) mass is 144 g/mol. The molecule has 1 aliphatic heterocycles. The fourth-order valence-corrected chi connectivity index (χ4v) is 1.64. The molecule has 2 N–H and O–H groups in total. The van der Waals surface area contributed by atoms with Gasteiger partial charge in [-0.05, 0) is 6.92 Å². The molecule has 1 heterocycles. The molecule has 0 spiro atoms. The van der Waals surface area contributed by atoms with Gasteiger partial charge in [-0.25, -0.2) is 0 Å². The van der Waals surface area contributed by atoms with Crippen molar-refractivity contribution in [2.75, 3.05) is 13.6 Å². The SMILES string of the molecule is C[C@@H]1C[NH+](C)[C@@H](C)C[C@@H]1O. The summed E-state index contributed by atoms with van der Waals surface area (Å²) in [5.41, 5.74) is 0. The molecule has 0 aromatic heterocycles. The fraction of sp³-hybridized carbons (Fsp3) is 1.00. The van der Waals surface area contributed by atoms with E-state index in [-0.39, 0.29) is 6.10 Å². The first kappa shape index (κ1) is 8.02. The number of quaternary nitrogens is 1. The molecule has 2 heteroatoms. The van der Waals surface area contributed by atoms with Gasteiger partial charge in [-0.3, -0.25) is 0 Å². The Morgan fingerprint density at radius 2 is 2.00 bits per heavy atom. The van der Waals surface area contributed by atoms with Gasteiger partial charge in [-0.15, -0.1) is 0 Å². The number of nitrogens with one attached hydrogen (secondary N) is 1. The molecule has 0 bridgehead atoms. The summed E-state index contributed by atoms with van der Waals surface area (Å²) in [4.78, 5) is 1.55. The van der Waals surface area contributed by atoms with E-state index in [2.05, 4.69) is 20.9 Å². The molecule has 10 heavy (non-hydrogen) atoms. The van der Waals surface area contributed by atoms with Crippen LogP contribution in [0.2, 0.25) is 0 Å². The molecule has 4 atom stereocenters. The van der Waals surface area contributed by atoms with Crippen LogP contribution in [0, 0.1) is 5.92 Å². The predicted octanol–water partition coefficient (Wildman–Crippen LogP) is -0.710. The van der Waals surface area contributed by atoms with Crippen LogP contribution in [0.1, 0.15) is 20.3 Å². The number of aliphatic hydroxyl groups is 1. The Balaban J connectivity index is 2.46. The topological polar surface area (TPSA) is 24.7 Å². The van der Waals surface area contributed by atoms with Crippen LogP contribution in [0.25, 0.3) is 0 Å². The standard InChI is InChI=1S/C8H17NO/c1-6-5-9(3)7(2)4-8(6)10/h6-8,10H,4-5H2,1-3H3/p+1/t6-,7+,8+/m1/s1. The molecular formula is C8H18NO+. The van der Waals surface area contributed by atoms with Gasteiger partial charge in [0, 0.05) is 12.3 Å². The molecule has 1 fully saturated rings. The predicted molar refractivity (Wildman–Crippen MR) is 41.0 cm³/mol. The Morgan fingerprint density at radius 1 is 1.40 bits per heavy atom. The highest BCUT2D eigenvalue weighted by Gasteiger charge is 2.30. The number of piperidine rings is 1. The lowest BCUT2D eigenvalue weighted by atomic mass is 9.93. The normalized spacial score (nSPS) is 49.2. The molecule has 0 aromatic carbocycles. The number of hydrogen-bond donors (Lipinski definition) is 2. The lowest BCUT2D eigenvalue weighted by Crippen LogP contribution is -3.14. The van der Waals surface area contributed by atoms with Gasteiger partial charge in [0.25, 0.3) is 0 Å². The zero-order valence-electron chi connectivity index (χ0n) is 7.09. The largest absolute Gasteiger partial charge is 0.392 e. The van der Waals surface area contributed by atoms with Crippen molar-refractivity contribution in [2.24, 2.45) is 5.92 Å². The zero-order chi connectivity index (χ0) is 7.72. The summed E-state index contributed by atoms with van der Waals surface area (Å²) in [6.07, 6.45) is 0.909. The van der Waals surface area contributed by atoms with Crippen molar-refractivity contribution in [3.05, 3.63) is 0 Å². The molecule has 1 aliphatic rings. The summed E-state index contributed by atoms with van der Waals surface area (Å²) in [6.45, 7) is 5.44. The zero-order valence-corrected chi connectivity index (χ0v) is 7.09. The molecule has 0 saturated carbocycles. The number of likely N-dealkylation sites (tertiary alicyclic amines) is 1. The lowest BCUT2D eigenvalue weighted by Gasteiger charge is -2.34. The highest BCUT2D eigenvalue weighted by atomic mass is 16.3. The summed E-state index contributed by atoms with van der Waals surface area (Å²) in [6, 6.07) is 0.631. The van der Waals surface area contributed by atoms with Crippen molar-refractivity contribution in [1.82, 2.24) is 0 Å². The van der Waals surface area contributed by atoms with Crippen molar-refractivity contribution in [3.63, 3.8) is 0 Å². The lowest BCUT2D eigenvalue weighted by molar-refractivity contribution is -0.914. The fourth-order valence-electron chi connectivity index (χ4n) is 1.64. The Morgan fingerprint density at radius 3 is 2.50 bits per heavy atom. The van der Waals surface area contributed by atoms with E-state index in [1.807, 2.05) is 0 Å². The summed E-state index contributed by atoms with van der Waals surface area (Å²) < 4.78 is 0. The Kier molecular flexibility index (Phi) is 2.32. The summed E-state index contributed by atoms with van der Waals surface area (Å²) >= 11 is 0. The van der Waals surface area contributed by atoms with E-state index >= 15 is 0 Å². The van der Waals surface area contributed by atoms with E-state index < -0.39 is 0 Å². The molecule has 1 unspecified atom stereocenters. The molecule has 0 aliphatic carbocycles. The second-order valence-corrected chi connectivity index (χ2v) is 3.73. The van der Waals surface area contributed by atoms with Crippen LogP contribution in [0.5, 0.6) is 0 Å². The smallest absolute Gasteiger partial charge is 0.0869 e. The minimum Gasteiger partial charge on any atom is -0.392 e. The highest BCUT2D eigenvalue weighted by Crippen LogP contribution is 2.10. The van der Waals surface area contributed by atoms with Crippen LogP contribution >= 0.6 is 0 Å². The molecule has 1 rings (SSSR count). The molecule has 2 nitrogen and oxygen atoms in total. The first-order valence-corrected chi connectivity index (χ1v) is 4.11. The molecule has 0 amide bonds. The minimum absolute atomic E-state index is 0.0568. The van der Waals surface area contributed by atoms with Gasteiger partial charge in [-0.1, -0.05) is 6.92 Å². The van der Waals surface area contributed by atoms with Gasteiger partial charge in [0.05, 0.1) is 25.7 Å². The summed E-state index contributed by atoms with van der Waals surface area (Å²) in [7, 11) is 2.20. The average molecular weight is 144 g/mol. The van der Waals surface area contributed by atoms with Crippen LogP contribution in [0.15, 0.2) is 0 Å². The van der Waals surface area contributed by atoms with E-state index in [0.717, 1.165) is 13.0 Å². The number of rotatable bonds is 0. The van der Waals surface area contributed by atoms with Crippen LogP contribution in [0.4, 0.5) is 0 Å². The Bertz CT molecular complexity index is 89.8. The first-order chi connectivity index (χ1) is 4.61. The van der Waals surface area contributed by atoms with Crippen molar-refractivity contribution >= 4 is 0 Å². The maximum Gasteiger partial charge on any atom is 0.0869 e. The number of aliphatic hydroxyl groups excluding tert-OH is 1. The van der Waals surface area contributed by atoms with Gasteiger partial charge in [0.15, 0.2) is 0 Å². The molecule has 60 valence electrons. The van der Waals surface area contributed by atoms with Crippen LogP contribution < -0.4 is 4.90 Å². The van der Waals surface area contributed by atoms with Crippen molar-refractivity contribution in [3.8, 4) is 0 Å². The van der Waals surface area contributed by atoms with Crippen LogP contribution in [-0.4, -0.2) is 30.8 Å². The van der Waals surface area contributed by atoms with Gasteiger partial charge >= 0.3 is 0 Å². The molecule has 0 radical (unpaired) electrons. The maximum atomic E-state index is 9.45. The van der Waals surface area contributed by atoms with Crippen molar-refractivity contribution < 1.29 is 10.0 Å². The van der Waals surface area contributed by atoms with Gasteiger partial charge < -0.3 is 10.0 Å². The molecule has 0 aromatic rings. The van der Waals surface area contributed by atoms with E-state index in [4.69, 9.17) is 0 Å². The maximum absolute atomic E-state index is 9.45. The molecule has 1 saturated heterocycles. The summed E-state index contributed by atoms with van der Waals surface area (Å²) in [5.74, 6) is 0.483.